The van der Waals surface area contributed by atoms with Crippen LogP contribution in [0.4, 0.5) is 5.69 Å². The molecule has 5 heteroatoms. The lowest BCUT2D eigenvalue weighted by Gasteiger charge is -2.19. The molecule has 19 heavy (non-hydrogen) atoms. The topological polar surface area (TPSA) is 52.6 Å². The molecule has 2 unspecified atom stereocenters. The van der Waals surface area contributed by atoms with Crippen LogP contribution in [-0.4, -0.2) is 42.2 Å². The Labute approximate surface area is 118 Å². The van der Waals surface area contributed by atoms with Crippen LogP contribution in [0.1, 0.15) is 23.7 Å². The van der Waals surface area contributed by atoms with E-state index < -0.39 is 0 Å². The maximum absolute atomic E-state index is 12.5. The summed E-state index contributed by atoms with van der Waals surface area (Å²) in [5.41, 5.74) is 1.36. The van der Waals surface area contributed by atoms with Gasteiger partial charge in [0, 0.05) is 36.8 Å². The van der Waals surface area contributed by atoms with Gasteiger partial charge in [-0.05, 0) is 31.5 Å². The van der Waals surface area contributed by atoms with Crippen molar-refractivity contribution in [3.63, 3.8) is 0 Å². The maximum Gasteiger partial charge on any atom is 0.256 e. The van der Waals surface area contributed by atoms with E-state index in [4.69, 9.17) is 11.6 Å². The number of hydrogen-bond donors (Lipinski definition) is 2. The highest BCUT2D eigenvalue weighted by Gasteiger charge is 2.30. The minimum Gasteiger partial charge on any atom is -0.393 e. The number of aliphatic hydroxyl groups is 1. The van der Waals surface area contributed by atoms with E-state index in [0.29, 0.717) is 23.7 Å². The van der Waals surface area contributed by atoms with Crippen molar-refractivity contribution in [2.45, 2.75) is 19.4 Å². The van der Waals surface area contributed by atoms with Gasteiger partial charge in [-0.25, -0.2) is 0 Å². The molecule has 1 amide bonds. The van der Waals surface area contributed by atoms with E-state index in [-0.39, 0.29) is 17.9 Å². The highest BCUT2D eigenvalue weighted by Crippen LogP contribution is 2.26. The Hall–Kier alpha value is -1.26. The Balaban J connectivity index is 2.19. The van der Waals surface area contributed by atoms with E-state index in [2.05, 4.69) is 5.32 Å². The number of nitrogens with one attached hydrogen (secondary N) is 1. The first kappa shape index (κ1) is 14.2. The van der Waals surface area contributed by atoms with Gasteiger partial charge in [0.15, 0.2) is 0 Å². The van der Waals surface area contributed by atoms with Gasteiger partial charge in [0.2, 0.25) is 0 Å². The van der Waals surface area contributed by atoms with E-state index in [1.54, 1.807) is 37.1 Å². The molecule has 0 spiro atoms. The zero-order chi connectivity index (χ0) is 14.0. The summed E-state index contributed by atoms with van der Waals surface area (Å²) in [6.45, 7) is 3.06. The average molecular weight is 283 g/mol. The Morgan fingerprint density at radius 1 is 1.58 bits per heavy atom. The molecule has 1 aromatic carbocycles. The Morgan fingerprint density at radius 3 is 2.89 bits per heavy atom. The molecule has 0 saturated carbocycles. The first-order chi connectivity index (χ1) is 9.02. The summed E-state index contributed by atoms with van der Waals surface area (Å²) >= 11 is 5.97. The van der Waals surface area contributed by atoms with Crippen LogP contribution in [0, 0.1) is 5.92 Å². The molecule has 2 N–H and O–H groups in total. The summed E-state index contributed by atoms with van der Waals surface area (Å²) in [6, 6.07) is 5.25. The Morgan fingerprint density at radius 2 is 2.32 bits per heavy atom. The third kappa shape index (κ3) is 3.01. The number of benzene rings is 1. The molecular weight excluding hydrogens is 264 g/mol. The fraction of sp³-hybridized carbons (Fsp3) is 0.500. The number of carbonyl (C=O) groups is 1. The van der Waals surface area contributed by atoms with Crippen LogP contribution in [0.15, 0.2) is 18.2 Å². The van der Waals surface area contributed by atoms with Crippen LogP contribution >= 0.6 is 11.6 Å². The van der Waals surface area contributed by atoms with Crippen LogP contribution in [0.3, 0.4) is 0 Å². The molecule has 0 aromatic heterocycles. The number of rotatable bonds is 3. The van der Waals surface area contributed by atoms with Gasteiger partial charge in [-0.2, -0.15) is 0 Å². The molecule has 1 fully saturated rings. The van der Waals surface area contributed by atoms with E-state index in [1.165, 1.54) is 0 Å². The minimum absolute atomic E-state index is 0.0324. The van der Waals surface area contributed by atoms with Crippen LogP contribution in [0.5, 0.6) is 0 Å². The van der Waals surface area contributed by atoms with E-state index in [0.717, 1.165) is 12.1 Å². The lowest BCUT2D eigenvalue weighted by Crippen LogP contribution is -2.30. The Bertz CT molecular complexity index is 477. The highest BCUT2D eigenvalue weighted by molar-refractivity contribution is 6.31. The number of halogens is 1. The largest absolute Gasteiger partial charge is 0.393 e. The third-order valence-corrected chi connectivity index (χ3v) is 3.91. The van der Waals surface area contributed by atoms with Crippen molar-refractivity contribution >= 4 is 23.2 Å². The standard InChI is InChI=1S/C14H19ClN2O2/c1-9(18)10-5-6-17(8-10)14(19)12-7-11(15)3-4-13(12)16-2/h3-4,7,9-10,16,18H,5-6,8H2,1-2H3. The number of nitrogens with zero attached hydrogens (tertiary/aromatic N) is 1. The zero-order valence-corrected chi connectivity index (χ0v) is 11.9. The second-order valence-corrected chi connectivity index (χ2v) is 5.42. The molecule has 1 aliphatic rings. The van der Waals surface area contributed by atoms with Gasteiger partial charge in [0.25, 0.3) is 5.91 Å². The number of hydrogen-bond acceptors (Lipinski definition) is 3. The van der Waals surface area contributed by atoms with Gasteiger partial charge >= 0.3 is 0 Å². The molecule has 1 heterocycles. The highest BCUT2D eigenvalue weighted by atomic mass is 35.5. The normalized spacial score (nSPS) is 20.4. The summed E-state index contributed by atoms with van der Waals surface area (Å²) in [5, 5.41) is 13.2. The molecule has 104 valence electrons. The first-order valence-corrected chi connectivity index (χ1v) is 6.85. The van der Waals surface area contributed by atoms with Crippen molar-refractivity contribution in [2.24, 2.45) is 5.92 Å². The molecule has 0 bridgehead atoms. The SMILES string of the molecule is CNc1ccc(Cl)cc1C(=O)N1CCC(C(C)O)C1. The van der Waals surface area contributed by atoms with Crippen molar-refractivity contribution < 1.29 is 9.90 Å². The van der Waals surface area contributed by atoms with E-state index in [9.17, 15) is 9.90 Å². The second-order valence-electron chi connectivity index (χ2n) is 4.98. The smallest absolute Gasteiger partial charge is 0.256 e. The van der Waals surface area contributed by atoms with Gasteiger partial charge in [0.1, 0.15) is 0 Å². The summed E-state index contributed by atoms with van der Waals surface area (Å²) in [5.74, 6) is 0.135. The second kappa shape index (κ2) is 5.80. The molecule has 0 aliphatic carbocycles. The fourth-order valence-corrected chi connectivity index (χ4v) is 2.62. The van der Waals surface area contributed by atoms with Crippen LogP contribution in [-0.2, 0) is 0 Å². The predicted molar refractivity (Wildman–Crippen MR) is 76.7 cm³/mol. The van der Waals surface area contributed by atoms with Crippen LogP contribution in [0.25, 0.3) is 0 Å². The van der Waals surface area contributed by atoms with Crippen molar-refractivity contribution in [3.05, 3.63) is 28.8 Å². The predicted octanol–water partition coefficient (Wildman–Crippen LogP) is 2.22. The molecule has 2 rings (SSSR count). The monoisotopic (exact) mass is 282 g/mol. The van der Waals surface area contributed by atoms with Crippen molar-refractivity contribution in [2.75, 3.05) is 25.5 Å². The van der Waals surface area contributed by atoms with Crippen molar-refractivity contribution in [3.8, 4) is 0 Å². The summed E-state index contributed by atoms with van der Waals surface area (Å²) < 4.78 is 0. The molecule has 4 nitrogen and oxygen atoms in total. The van der Waals surface area contributed by atoms with Crippen LogP contribution < -0.4 is 5.32 Å². The maximum atomic E-state index is 12.5. The van der Waals surface area contributed by atoms with Crippen LogP contribution in [0.2, 0.25) is 5.02 Å². The quantitative estimate of drug-likeness (QED) is 0.894. The number of carbonyl (C=O) groups excluding carboxylic acids is 1. The lowest BCUT2D eigenvalue weighted by atomic mass is 10.0. The van der Waals surface area contributed by atoms with Crippen molar-refractivity contribution in [1.29, 1.82) is 0 Å². The number of likely N-dealkylation sites (tertiary alicyclic amines) is 1. The molecular formula is C14H19ClN2O2. The van der Waals surface area contributed by atoms with Gasteiger partial charge in [0.05, 0.1) is 11.7 Å². The average Bonchev–Trinajstić information content (AvgIpc) is 2.87. The van der Waals surface area contributed by atoms with Gasteiger partial charge in [-0.3, -0.25) is 4.79 Å². The number of aliphatic hydroxyl groups excluding tert-OH is 1. The minimum atomic E-state index is -0.374. The first-order valence-electron chi connectivity index (χ1n) is 6.47. The van der Waals surface area contributed by atoms with Crippen molar-refractivity contribution in [1.82, 2.24) is 4.90 Å². The summed E-state index contributed by atoms with van der Waals surface area (Å²) in [7, 11) is 1.78. The fourth-order valence-electron chi connectivity index (χ4n) is 2.45. The van der Waals surface area contributed by atoms with Gasteiger partial charge < -0.3 is 15.3 Å². The number of anilines is 1. The van der Waals surface area contributed by atoms with E-state index in [1.807, 2.05) is 0 Å². The molecule has 1 aromatic rings. The zero-order valence-electron chi connectivity index (χ0n) is 11.2. The van der Waals surface area contributed by atoms with E-state index >= 15 is 0 Å². The van der Waals surface area contributed by atoms with Gasteiger partial charge in [-0.15, -0.1) is 0 Å². The molecule has 1 aliphatic heterocycles. The molecule has 2 atom stereocenters. The van der Waals surface area contributed by atoms with Gasteiger partial charge in [-0.1, -0.05) is 11.6 Å². The third-order valence-electron chi connectivity index (χ3n) is 3.68. The number of amides is 1. The summed E-state index contributed by atoms with van der Waals surface area (Å²) in [4.78, 5) is 14.3. The lowest BCUT2D eigenvalue weighted by molar-refractivity contribution is 0.0763. The molecule has 1 saturated heterocycles. The Kier molecular flexibility index (Phi) is 4.32. The summed E-state index contributed by atoms with van der Waals surface area (Å²) in [6.07, 6.45) is 0.472. The molecule has 0 radical (unpaired) electrons.